The molecule has 21 heavy (non-hydrogen) atoms. The minimum atomic E-state index is 0. The average molecular weight is 337 g/mol. The molecule has 0 bridgehead atoms. The van der Waals surface area contributed by atoms with E-state index in [1.807, 2.05) is 0 Å². The molecule has 0 spiro atoms. The predicted molar refractivity (Wildman–Crippen MR) is 100 cm³/mol. The molecule has 0 aliphatic rings. The van der Waals surface area contributed by atoms with Crippen LogP contribution in [0.15, 0.2) is 0 Å². The lowest BCUT2D eigenvalue weighted by atomic mass is 10.0. The molecule has 2 heteroatoms. The van der Waals surface area contributed by atoms with Crippen molar-refractivity contribution in [2.24, 2.45) is 0 Å². The van der Waals surface area contributed by atoms with Crippen molar-refractivity contribution in [1.29, 1.82) is 0 Å². The van der Waals surface area contributed by atoms with Crippen LogP contribution in [0.4, 0.5) is 0 Å². The van der Waals surface area contributed by atoms with Crippen LogP contribution >= 0.6 is 8.58 Å². The highest BCUT2D eigenvalue weighted by atomic mass is 35.5. The highest BCUT2D eigenvalue weighted by molar-refractivity contribution is 7.37. The highest BCUT2D eigenvalue weighted by Crippen LogP contribution is 2.16. The van der Waals surface area contributed by atoms with Gasteiger partial charge in [0.05, 0.1) is 12.3 Å². The monoisotopic (exact) mass is 336 g/mol. The lowest BCUT2D eigenvalue weighted by Gasteiger charge is -2.02. The quantitative estimate of drug-likeness (QED) is 0.274. The van der Waals surface area contributed by atoms with Gasteiger partial charge in [-0.05, 0) is 27.8 Å². The maximum absolute atomic E-state index is 2.32. The molecule has 0 rings (SSSR count). The maximum Gasteiger partial charge on any atom is 0.0549 e. The second-order valence-corrected chi connectivity index (χ2v) is 8.19. The van der Waals surface area contributed by atoms with Crippen molar-refractivity contribution in [3.05, 3.63) is 0 Å². The van der Waals surface area contributed by atoms with E-state index >= 15 is 0 Å². The standard InChI is InChI=1S/C19H41P.ClH/c1-3-5-6-7-8-9-10-11-12-13-14-15-16-17-19-20-18-4-2;/h20H,3-19H2,1-2H3;1H. The molecular formula is C19H42ClP. The van der Waals surface area contributed by atoms with E-state index < -0.39 is 0 Å². The largest absolute Gasteiger partial charge is 1.00 e. The smallest absolute Gasteiger partial charge is 0.0549 e. The number of rotatable bonds is 17. The number of unbranched alkanes of at least 4 members (excludes halogenated alkanes) is 13. The Labute approximate surface area is 143 Å². The molecule has 0 aromatic heterocycles. The molecule has 0 aliphatic carbocycles. The average Bonchev–Trinajstić information content (AvgIpc) is 2.47. The third-order valence-corrected chi connectivity index (χ3v) is 6.06. The summed E-state index contributed by atoms with van der Waals surface area (Å²) in [6, 6.07) is 0. The molecule has 1 unspecified atom stereocenters. The molecule has 130 valence electrons. The van der Waals surface area contributed by atoms with Gasteiger partial charge in [-0.15, -0.1) is 0 Å². The van der Waals surface area contributed by atoms with Gasteiger partial charge in [-0.3, -0.25) is 0 Å². The fraction of sp³-hybridized carbons (Fsp3) is 1.00. The van der Waals surface area contributed by atoms with Crippen molar-refractivity contribution in [2.45, 2.75) is 110 Å². The summed E-state index contributed by atoms with van der Waals surface area (Å²) < 4.78 is 0. The first-order valence-electron chi connectivity index (χ1n) is 9.73. The van der Waals surface area contributed by atoms with Gasteiger partial charge in [0.2, 0.25) is 0 Å². The highest BCUT2D eigenvalue weighted by Gasteiger charge is 1.96. The Hall–Kier alpha value is 0.720. The van der Waals surface area contributed by atoms with Gasteiger partial charge in [0.15, 0.2) is 0 Å². The summed E-state index contributed by atoms with van der Waals surface area (Å²) in [6.45, 7) is 4.62. The molecule has 1 atom stereocenters. The normalized spacial score (nSPS) is 11.1. The summed E-state index contributed by atoms with van der Waals surface area (Å²) in [5.41, 5.74) is 0. The fourth-order valence-corrected chi connectivity index (χ4v) is 4.11. The molecule has 0 N–H and O–H groups in total. The van der Waals surface area contributed by atoms with Gasteiger partial charge >= 0.3 is 0 Å². The number of halogens is 1. The predicted octanol–water partition coefficient (Wildman–Crippen LogP) is 4.29. The van der Waals surface area contributed by atoms with Crippen molar-refractivity contribution in [2.75, 3.05) is 12.3 Å². The molecule has 0 saturated heterocycles. The summed E-state index contributed by atoms with van der Waals surface area (Å²) in [4.78, 5) is 0. The van der Waals surface area contributed by atoms with Gasteiger partial charge in [0, 0.05) is 0 Å². The molecule has 0 amide bonds. The van der Waals surface area contributed by atoms with Crippen molar-refractivity contribution in [3.8, 4) is 0 Å². The Kier molecular flexibility index (Phi) is 26.3. The van der Waals surface area contributed by atoms with Gasteiger partial charge < -0.3 is 12.4 Å². The first kappa shape index (κ1) is 24.0. The SMILES string of the molecule is CCCCCCCCCCCCCCCC[PH2+]CCC.[Cl-]. The lowest BCUT2D eigenvalue weighted by Crippen LogP contribution is -3.00. The zero-order valence-corrected chi connectivity index (χ0v) is 16.9. The molecular weight excluding hydrogens is 295 g/mol. The van der Waals surface area contributed by atoms with Gasteiger partial charge in [-0.2, -0.15) is 0 Å². The van der Waals surface area contributed by atoms with E-state index in [0.29, 0.717) is 0 Å². The van der Waals surface area contributed by atoms with Crippen LogP contribution in [-0.2, 0) is 0 Å². The minimum Gasteiger partial charge on any atom is -1.00 e. The molecule has 0 fully saturated rings. The summed E-state index contributed by atoms with van der Waals surface area (Å²) >= 11 is 0. The van der Waals surface area contributed by atoms with Gasteiger partial charge in [-0.1, -0.05) is 90.9 Å². The Balaban J connectivity index is 0. The molecule has 0 heterocycles. The van der Waals surface area contributed by atoms with Gasteiger partial charge in [0.25, 0.3) is 0 Å². The molecule has 0 radical (unpaired) electrons. The number of hydrogen-bond donors (Lipinski definition) is 0. The molecule has 0 aromatic carbocycles. The Morgan fingerprint density at radius 1 is 0.429 bits per heavy atom. The van der Waals surface area contributed by atoms with Gasteiger partial charge in [-0.25, -0.2) is 0 Å². The first-order chi connectivity index (χ1) is 9.91. The minimum absolute atomic E-state index is 0. The van der Waals surface area contributed by atoms with E-state index in [9.17, 15) is 0 Å². The van der Waals surface area contributed by atoms with Crippen LogP contribution in [0.1, 0.15) is 110 Å². The summed E-state index contributed by atoms with van der Waals surface area (Å²) in [7, 11) is 0.797. The third kappa shape index (κ3) is 23.1. The summed E-state index contributed by atoms with van der Waals surface area (Å²) in [6.07, 6.45) is 25.3. The summed E-state index contributed by atoms with van der Waals surface area (Å²) in [5.74, 6) is 0. The van der Waals surface area contributed by atoms with Crippen LogP contribution in [0.5, 0.6) is 0 Å². The zero-order chi connectivity index (χ0) is 14.7. The van der Waals surface area contributed by atoms with Crippen LogP contribution in [0.2, 0.25) is 0 Å². The van der Waals surface area contributed by atoms with E-state index in [0.717, 1.165) is 8.58 Å². The van der Waals surface area contributed by atoms with Crippen molar-refractivity contribution in [3.63, 3.8) is 0 Å². The van der Waals surface area contributed by atoms with E-state index in [1.54, 1.807) is 6.16 Å². The summed E-state index contributed by atoms with van der Waals surface area (Å²) in [5, 5.41) is 0. The Morgan fingerprint density at radius 2 is 0.810 bits per heavy atom. The van der Waals surface area contributed by atoms with Gasteiger partial charge in [0.1, 0.15) is 0 Å². The second kappa shape index (κ2) is 23.0. The molecule has 0 nitrogen and oxygen atoms in total. The zero-order valence-electron chi connectivity index (χ0n) is 15.0. The van der Waals surface area contributed by atoms with Crippen LogP contribution in [0.3, 0.4) is 0 Å². The van der Waals surface area contributed by atoms with E-state index in [2.05, 4.69) is 13.8 Å². The van der Waals surface area contributed by atoms with Crippen LogP contribution < -0.4 is 12.4 Å². The lowest BCUT2D eigenvalue weighted by molar-refractivity contribution is -0.00000448. The maximum atomic E-state index is 2.32. The second-order valence-electron chi connectivity index (χ2n) is 6.46. The third-order valence-electron chi connectivity index (χ3n) is 4.25. The molecule has 0 aliphatic heterocycles. The van der Waals surface area contributed by atoms with Crippen molar-refractivity contribution < 1.29 is 12.4 Å². The van der Waals surface area contributed by atoms with Crippen molar-refractivity contribution >= 4 is 8.58 Å². The Morgan fingerprint density at radius 3 is 1.19 bits per heavy atom. The fourth-order valence-electron chi connectivity index (χ4n) is 2.83. The van der Waals surface area contributed by atoms with Crippen molar-refractivity contribution in [1.82, 2.24) is 0 Å². The van der Waals surface area contributed by atoms with Crippen LogP contribution in [0, 0.1) is 0 Å². The van der Waals surface area contributed by atoms with Crippen LogP contribution in [0.25, 0.3) is 0 Å². The number of hydrogen-bond acceptors (Lipinski definition) is 0. The molecule has 0 saturated carbocycles. The van der Waals surface area contributed by atoms with E-state index in [1.165, 1.54) is 102 Å². The topological polar surface area (TPSA) is 0 Å². The van der Waals surface area contributed by atoms with E-state index in [-0.39, 0.29) is 12.4 Å². The van der Waals surface area contributed by atoms with E-state index in [4.69, 9.17) is 0 Å². The Bertz CT molecular complexity index is 144. The van der Waals surface area contributed by atoms with Crippen LogP contribution in [-0.4, -0.2) is 12.3 Å². The first-order valence-corrected chi connectivity index (χ1v) is 11.4. The molecule has 0 aromatic rings.